The molecule has 5 heteroatoms. The van der Waals surface area contributed by atoms with Crippen molar-refractivity contribution in [3.05, 3.63) is 17.0 Å². The van der Waals surface area contributed by atoms with E-state index < -0.39 is 0 Å². The van der Waals surface area contributed by atoms with Crippen LogP contribution in [0.15, 0.2) is 0 Å². The van der Waals surface area contributed by atoms with E-state index in [0.717, 1.165) is 30.7 Å². The number of nitrogens with zero attached hydrogens (tertiary/aromatic N) is 2. The SMILES string of the molecule is Cc1nn(C)c(C)c1CC(C)C(=O)NC1CCCCC1CN. The van der Waals surface area contributed by atoms with Gasteiger partial charge in [0.2, 0.25) is 5.91 Å². The summed E-state index contributed by atoms with van der Waals surface area (Å²) in [5.74, 6) is 0.543. The van der Waals surface area contributed by atoms with Gasteiger partial charge in [0, 0.05) is 24.7 Å². The van der Waals surface area contributed by atoms with Crippen molar-refractivity contribution in [2.24, 2.45) is 24.6 Å². The van der Waals surface area contributed by atoms with Crippen LogP contribution in [-0.2, 0) is 18.3 Å². The van der Waals surface area contributed by atoms with Gasteiger partial charge in [-0.05, 0) is 51.1 Å². The van der Waals surface area contributed by atoms with Gasteiger partial charge in [0.05, 0.1) is 5.69 Å². The van der Waals surface area contributed by atoms with Gasteiger partial charge < -0.3 is 11.1 Å². The van der Waals surface area contributed by atoms with E-state index in [2.05, 4.69) is 17.3 Å². The van der Waals surface area contributed by atoms with Crippen LogP contribution in [0.2, 0.25) is 0 Å². The first-order valence-corrected chi connectivity index (χ1v) is 8.43. The topological polar surface area (TPSA) is 72.9 Å². The molecular formula is C17H30N4O. The monoisotopic (exact) mass is 306 g/mol. The molecule has 0 aromatic carbocycles. The Morgan fingerprint density at radius 2 is 2.09 bits per heavy atom. The maximum Gasteiger partial charge on any atom is 0.223 e. The lowest BCUT2D eigenvalue weighted by molar-refractivity contribution is -0.125. The maximum absolute atomic E-state index is 12.5. The second-order valence-electron chi connectivity index (χ2n) is 6.77. The maximum atomic E-state index is 12.5. The number of hydrogen-bond donors (Lipinski definition) is 2. The Morgan fingerprint density at radius 3 is 2.68 bits per heavy atom. The minimum atomic E-state index is -0.0399. The Bertz CT molecular complexity index is 523. The third-order valence-corrected chi connectivity index (χ3v) is 5.16. The summed E-state index contributed by atoms with van der Waals surface area (Å²) in [5, 5.41) is 7.67. The molecule has 1 amide bonds. The van der Waals surface area contributed by atoms with E-state index in [0.29, 0.717) is 12.5 Å². The molecule has 5 nitrogen and oxygen atoms in total. The lowest BCUT2D eigenvalue weighted by Gasteiger charge is -2.32. The molecule has 1 aliphatic carbocycles. The second-order valence-corrected chi connectivity index (χ2v) is 6.77. The molecule has 1 saturated carbocycles. The molecule has 3 atom stereocenters. The van der Waals surface area contributed by atoms with Crippen LogP contribution in [0.3, 0.4) is 0 Å². The van der Waals surface area contributed by atoms with Gasteiger partial charge >= 0.3 is 0 Å². The summed E-state index contributed by atoms with van der Waals surface area (Å²) in [6.45, 7) is 6.74. The third kappa shape index (κ3) is 3.69. The third-order valence-electron chi connectivity index (χ3n) is 5.16. The zero-order valence-electron chi connectivity index (χ0n) is 14.4. The molecule has 2 rings (SSSR count). The van der Waals surface area contributed by atoms with Gasteiger partial charge in [0.1, 0.15) is 0 Å². The molecule has 124 valence electrons. The van der Waals surface area contributed by atoms with Gasteiger partial charge in [-0.25, -0.2) is 0 Å². The molecule has 1 aromatic rings. The molecule has 0 spiro atoms. The van der Waals surface area contributed by atoms with Crippen molar-refractivity contribution in [3.63, 3.8) is 0 Å². The van der Waals surface area contributed by atoms with Crippen molar-refractivity contribution in [1.82, 2.24) is 15.1 Å². The van der Waals surface area contributed by atoms with E-state index in [4.69, 9.17) is 5.73 Å². The summed E-state index contributed by atoms with van der Waals surface area (Å²) in [4.78, 5) is 12.5. The number of aromatic nitrogens is 2. The highest BCUT2D eigenvalue weighted by Crippen LogP contribution is 2.24. The molecule has 1 fully saturated rings. The summed E-state index contributed by atoms with van der Waals surface area (Å²) in [5.41, 5.74) is 9.22. The Labute approximate surface area is 133 Å². The minimum absolute atomic E-state index is 0.0399. The van der Waals surface area contributed by atoms with Crippen LogP contribution in [0.25, 0.3) is 0 Å². The number of nitrogens with two attached hydrogens (primary N) is 1. The Morgan fingerprint density at radius 1 is 1.41 bits per heavy atom. The van der Waals surface area contributed by atoms with Crippen LogP contribution in [0.5, 0.6) is 0 Å². The first kappa shape index (κ1) is 17.0. The smallest absolute Gasteiger partial charge is 0.223 e. The Kier molecular flexibility index (Phi) is 5.62. The molecule has 22 heavy (non-hydrogen) atoms. The zero-order valence-corrected chi connectivity index (χ0v) is 14.4. The summed E-state index contributed by atoms with van der Waals surface area (Å²) < 4.78 is 1.89. The number of carbonyl (C=O) groups is 1. The molecule has 0 aliphatic heterocycles. The predicted molar refractivity (Wildman–Crippen MR) is 88.5 cm³/mol. The van der Waals surface area contributed by atoms with E-state index in [-0.39, 0.29) is 17.9 Å². The van der Waals surface area contributed by atoms with Crippen molar-refractivity contribution in [1.29, 1.82) is 0 Å². The normalized spacial score (nSPS) is 23.3. The first-order chi connectivity index (χ1) is 10.4. The van der Waals surface area contributed by atoms with Crippen LogP contribution in [-0.4, -0.2) is 28.3 Å². The first-order valence-electron chi connectivity index (χ1n) is 8.43. The van der Waals surface area contributed by atoms with Gasteiger partial charge in [0.15, 0.2) is 0 Å². The van der Waals surface area contributed by atoms with Crippen molar-refractivity contribution in [2.75, 3.05) is 6.54 Å². The number of aryl methyl sites for hydroxylation is 2. The van der Waals surface area contributed by atoms with E-state index >= 15 is 0 Å². The highest BCUT2D eigenvalue weighted by molar-refractivity contribution is 5.79. The molecule has 3 unspecified atom stereocenters. The largest absolute Gasteiger partial charge is 0.353 e. The highest BCUT2D eigenvalue weighted by atomic mass is 16.1. The molecule has 1 aliphatic rings. The lowest BCUT2D eigenvalue weighted by Crippen LogP contribution is -2.46. The van der Waals surface area contributed by atoms with Crippen molar-refractivity contribution in [2.45, 2.75) is 58.9 Å². The molecule has 0 radical (unpaired) electrons. The summed E-state index contributed by atoms with van der Waals surface area (Å²) in [7, 11) is 1.95. The average molecular weight is 306 g/mol. The van der Waals surface area contributed by atoms with Gasteiger partial charge in [-0.15, -0.1) is 0 Å². The van der Waals surface area contributed by atoms with Gasteiger partial charge in [-0.3, -0.25) is 9.48 Å². The number of amides is 1. The van der Waals surface area contributed by atoms with Crippen molar-refractivity contribution in [3.8, 4) is 0 Å². The number of rotatable bonds is 5. The predicted octanol–water partition coefficient (Wildman–Crippen LogP) is 1.85. The average Bonchev–Trinajstić information content (AvgIpc) is 2.74. The molecule has 1 aromatic heterocycles. The molecule has 1 heterocycles. The van der Waals surface area contributed by atoms with Gasteiger partial charge in [-0.1, -0.05) is 19.8 Å². The van der Waals surface area contributed by atoms with Gasteiger partial charge in [-0.2, -0.15) is 5.10 Å². The zero-order chi connectivity index (χ0) is 16.3. The molecule has 3 N–H and O–H groups in total. The molecular weight excluding hydrogens is 276 g/mol. The number of nitrogens with one attached hydrogen (secondary N) is 1. The fourth-order valence-electron chi connectivity index (χ4n) is 3.52. The van der Waals surface area contributed by atoms with Crippen LogP contribution in [0.4, 0.5) is 0 Å². The Balaban J connectivity index is 1.97. The summed E-state index contributed by atoms with van der Waals surface area (Å²) >= 11 is 0. The van der Waals surface area contributed by atoms with E-state index in [9.17, 15) is 4.79 Å². The van der Waals surface area contributed by atoms with E-state index in [1.807, 2.05) is 25.6 Å². The fraction of sp³-hybridized carbons (Fsp3) is 0.765. The van der Waals surface area contributed by atoms with Crippen LogP contribution < -0.4 is 11.1 Å². The van der Waals surface area contributed by atoms with Crippen molar-refractivity contribution < 1.29 is 4.79 Å². The number of hydrogen-bond acceptors (Lipinski definition) is 3. The van der Waals surface area contributed by atoms with E-state index in [1.54, 1.807) is 0 Å². The summed E-state index contributed by atoms with van der Waals surface area (Å²) in [6.07, 6.45) is 5.37. The Hall–Kier alpha value is -1.36. The molecule has 0 saturated heterocycles. The minimum Gasteiger partial charge on any atom is -0.353 e. The lowest BCUT2D eigenvalue weighted by atomic mass is 9.84. The van der Waals surface area contributed by atoms with Crippen LogP contribution >= 0.6 is 0 Å². The van der Waals surface area contributed by atoms with Crippen LogP contribution in [0.1, 0.15) is 49.6 Å². The van der Waals surface area contributed by atoms with Gasteiger partial charge in [0.25, 0.3) is 0 Å². The summed E-state index contributed by atoms with van der Waals surface area (Å²) in [6, 6.07) is 0.254. The standard InChI is InChI=1S/C17H30N4O/c1-11(9-15-12(2)20-21(4)13(15)3)17(22)19-16-8-6-5-7-14(16)10-18/h11,14,16H,5-10,18H2,1-4H3,(H,19,22). The quantitative estimate of drug-likeness (QED) is 0.872. The molecule has 0 bridgehead atoms. The van der Waals surface area contributed by atoms with Crippen LogP contribution in [0, 0.1) is 25.7 Å². The fourth-order valence-corrected chi connectivity index (χ4v) is 3.52. The number of carbonyl (C=O) groups excluding carboxylic acids is 1. The second kappa shape index (κ2) is 7.27. The van der Waals surface area contributed by atoms with E-state index in [1.165, 1.54) is 18.4 Å². The van der Waals surface area contributed by atoms with Crippen molar-refractivity contribution >= 4 is 5.91 Å². The highest BCUT2D eigenvalue weighted by Gasteiger charge is 2.27.